The third kappa shape index (κ3) is 2.09. The van der Waals surface area contributed by atoms with E-state index in [1.165, 1.54) is 11.3 Å². The zero-order valence-electron chi connectivity index (χ0n) is 9.81. The van der Waals surface area contributed by atoms with Gasteiger partial charge in [0.05, 0.1) is 5.56 Å². The Labute approximate surface area is 113 Å². The first-order valence-corrected chi connectivity index (χ1v) is 6.52. The maximum atomic E-state index is 12.1. The van der Waals surface area contributed by atoms with Crippen molar-refractivity contribution in [3.05, 3.63) is 53.0 Å². The smallest absolute Gasteiger partial charge is 0.256 e. The van der Waals surface area contributed by atoms with Crippen LogP contribution in [-0.4, -0.2) is 10.9 Å². The van der Waals surface area contributed by atoms with E-state index in [0.717, 1.165) is 10.9 Å². The number of benzene rings is 1. The number of rotatable bonds is 2. The van der Waals surface area contributed by atoms with Gasteiger partial charge in [-0.05, 0) is 35.0 Å². The number of hydrogen-bond acceptors (Lipinski definition) is 3. The Morgan fingerprint density at radius 1 is 1.32 bits per heavy atom. The summed E-state index contributed by atoms with van der Waals surface area (Å²) in [5, 5.41) is 15.1. The van der Waals surface area contributed by atoms with Crippen LogP contribution in [0.25, 0.3) is 10.9 Å². The van der Waals surface area contributed by atoms with Crippen LogP contribution in [0.15, 0.2) is 41.9 Å². The van der Waals surface area contributed by atoms with Crippen LogP contribution in [0.1, 0.15) is 15.9 Å². The number of nitriles is 1. The number of carbonyl (C=O) groups is 1. The van der Waals surface area contributed by atoms with Gasteiger partial charge in [0, 0.05) is 17.3 Å². The summed E-state index contributed by atoms with van der Waals surface area (Å²) in [5.41, 5.74) is 1.96. The van der Waals surface area contributed by atoms with Gasteiger partial charge in [-0.2, -0.15) is 5.26 Å². The van der Waals surface area contributed by atoms with Crippen LogP contribution < -0.4 is 5.32 Å². The highest BCUT2D eigenvalue weighted by Gasteiger charge is 2.10. The molecule has 5 heteroatoms. The first-order valence-electron chi connectivity index (χ1n) is 5.64. The number of hydrogen-bond donors (Lipinski definition) is 2. The van der Waals surface area contributed by atoms with Crippen LogP contribution in [0.4, 0.5) is 5.00 Å². The van der Waals surface area contributed by atoms with Gasteiger partial charge in [0.15, 0.2) is 0 Å². The zero-order valence-corrected chi connectivity index (χ0v) is 10.6. The molecule has 0 saturated heterocycles. The Hall–Kier alpha value is -2.58. The fourth-order valence-corrected chi connectivity index (χ4v) is 2.59. The highest BCUT2D eigenvalue weighted by molar-refractivity contribution is 7.14. The molecule has 19 heavy (non-hydrogen) atoms. The van der Waals surface area contributed by atoms with Crippen molar-refractivity contribution < 1.29 is 4.79 Å². The number of fused-ring (bicyclic) bond motifs is 1. The van der Waals surface area contributed by atoms with E-state index in [0.29, 0.717) is 16.1 Å². The second kappa shape index (κ2) is 4.59. The van der Waals surface area contributed by atoms with Crippen molar-refractivity contribution in [1.82, 2.24) is 4.98 Å². The molecule has 4 nitrogen and oxygen atoms in total. The predicted octanol–water partition coefficient (Wildman–Crippen LogP) is 3.35. The molecule has 0 atom stereocenters. The van der Waals surface area contributed by atoms with Crippen LogP contribution >= 0.6 is 11.3 Å². The number of nitrogens with one attached hydrogen (secondary N) is 2. The van der Waals surface area contributed by atoms with Crippen molar-refractivity contribution in [1.29, 1.82) is 5.26 Å². The fraction of sp³-hybridized carbons (Fsp3) is 0. The van der Waals surface area contributed by atoms with Crippen molar-refractivity contribution in [2.75, 3.05) is 5.32 Å². The summed E-state index contributed by atoms with van der Waals surface area (Å²) < 4.78 is 0. The average molecular weight is 267 g/mol. The Morgan fingerprint density at radius 2 is 2.21 bits per heavy atom. The molecule has 2 aromatic heterocycles. The summed E-state index contributed by atoms with van der Waals surface area (Å²) in [6.45, 7) is 0. The monoisotopic (exact) mass is 267 g/mol. The summed E-state index contributed by atoms with van der Waals surface area (Å²) >= 11 is 1.34. The van der Waals surface area contributed by atoms with Gasteiger partial charge < -0.3 is 10.3 Å². The molecule has 0 unspecified atom stereocenters. The third-order valence-corrected chi connectivity index (χ3v) is 3.66. The second-order valence-electron chi connectivity index (χ2n) is 4.01. The molecule has 1 aromatic carbocycles. The number of aromatic amines is 1. The number of aromatic nitrogens is 1. The van der Waals surface area contributed by atoms with Crippen LogP contribution in [0.5, 0.6) is 0 Å². The van der Waals surface area contributed by atoms with Crippen LogP contribution in [0, 0.1) is 11.3 Å². The fourth-order valence-electron chi connectivity index (χ4n) is 1.86. The van der Waals surface area contributed by atoms with Crippen molar-refractivity contribution in [3.8, 4) is 6.07 Å². The Bertz CT molecular complexity index is 794. The third-order valence-electron chi connectivity index (χ3n) is 2.83. The number of carbonyl (C=O) groups excluding carboxylic acids is 1. The summed E-state index contributed by atoms with van der Waals surface area (Å²) in [7, 11) is 0. The van der Waals surface area contributed by atoms with Crippen molar-refractivity contribution >= 4 is 33.1 Å². The van der Waals surface area contributed by atoms with E-state index in [2.05, 4.69) is 10.3 Å². The Balaban J connectivity index is 1.89. The molecule has 0 radical (unpaired) electrons. The summed E-state index contributed by atoms with van der Waals surface area (Å²) in [4.78, 5) is 15.2. The Morgan fingerprint density at radius 3 is 3.05 bits per heavy atom. The van der Waals surface area contributed by atoms with E-state index in [-0.39, 0.29) is 5.91 Å². The van der Waals surface area contributed by atoms with E-state index in [9.17, 15) is 4.79 Å². The molecule has 1 amide bonds. The molecule has 3 aromatic rings. The lowest BCUT2D eigenvalue weighted by Crippen LogP contribution is -2.11. The van der Waals surface area contributed by atoms with Gasteiger partial charge in [0.1, 0.15) is 11.1 Å². The highest BCUT2D eigenvalue weighted by atomic mass is 32.1. The molecule has 0 saturated carbocycles. The van der Waals surface area contributed by atoms with E-state index >= 15 is 0 Å². The van der Waals surface area contributed by atoms with E-state index in [1.54, 1.807) is 23.6 Å². The molecule has 3 rings (SSSR count). The van der Waals surface area contributed by atoms with Gasteiger partial charge in [-0.1, -0.05) is 6.07 Å². The van der Waals surface area contributed by atoms with Gasteiger partial charge in [-0.25, -0.2) is 0 Å². The molecule has 0 aliphatic heterocycles. The first kappa shape index (κ1) is 11.5. The second-order valence-corrected chi connectivity index (χ2v) is 4.93. The Kier molecular flexibility index (Phi) is 2.78. The van der Waals surface area contributed by atoms with Crippen LogP contribution in [0.2, 0.25) is 0 Å². The van der Waals surface area contributed by atoms with Gasteiger partial charge in [-0.15, -0.1) is 11.3 Å². The summed E-state index contributed by atoms with van der Waals surface area (Å²) in [6, 6.07) is 11.1. The van der Waals surface area contributed by atoms with E-state index in [4.69, 9.17) is 5.26 Å². The zero-order chi connectivity index (χ0) is 13.2. The van der Waals surface area contributed by atoms with E-state index < -0.39 is 0 Å². The summed E-state index contributed by atoms with van der Waals surface area (Å²) in [6.07, 6.45) is 1.83. The van der Waals surface area contributed by atoms with Gasteiger partial charge in [0.2, 0.25) is 0 Å². The normalized spacial score (nSPS) is 10.3. The number of thiophene rings is 1. The molecule has 0 bridgehead atoms. The molecule has 0 fully saturated rings. The molecule has 0 aliphatic rings. The average Bonchev–Trinajstić information content (AvgIpc) is 3.05. The SMILES string of the molecule is N#Cc1ccsc1NC(=O)c1ccc2cc[nH]c2c1. The minimum absolute atomic E-state index is 0.213. The number of nitrogens with zero attached hydrogens (tertiary/aromatic N) is 1. The van der Waals surface area contributed by atoms with Gasteiger partial charge >= 0.3 is 0 Å². The quantitative estimate of drug-likeness (QED) is 0.747. The lowest BCUT2D eigenvalue weighted by atomic mass is 10.1. The van der Waals surface area contributed by atoms with Crippen LogP contribution in [-0.2, 0) is 0 Å². The number of H-pyrrole nitrogens is 1. The van der Waals surface area contributed by atoms with Crippen LogP contribution in [0.3, 0.4) is 0 Å². The largest absolute Gasteiger partial charge is 0.361 e. The van der Waals surface area contributed by atoms with Crippen molar-refractivity contribution in [3.63, 3.8) is 0 Å². The first-order chi connectivity index (χ1) is 9.28. The molecular formula is C14H9N3OS. The van der Waals surface area contributed by atoms with Gasteiger partial charge in [0.25, 0.3) is 5.91 Å². The lowest BCUT2D eigenvalue weighted by Gasteiger charge is -2.03. The molecule has 0 spiro atoms. The standard InChI is InChI=1S/C14H9N3OS/c15-8-11-4-6-19-14(11)17-13(18)10-2-1-9-3-5-16-12(9)7-10/h1-7,16H,(H,17,18). The molecular weight excluding hydrogens is 258 g/mol. The molecule has 2 N–H and O–H groups in total. The van der Waals surface area contributed by atoms with E-state index in [1.807, 2.05) is 24.4 Å². The molecule has 0 aliphatic carbocycles. The van der Waals surface area contributed by atoms with Crippen molar-refractivity contribution in [2.45, 2.75) is 0 Å². The van der Waals surface area contributed by atoms with Crippen molar-refractivity contribution in [2.24, 2.45) is 0 Å². The predicted molar refractivity (Wildman–Crippen MR) is 75.3 cm³/mol. The number of amides is 1. The molecule has 2 heterocycles. The maximum absolute atomic E-state index is 12.1. The summed E-state index contributed by atoms with van der Waals surface area (Å²) in [5.74, 6) is -0.213. The minimum Gasteiger partial charge on any atom is -0.361 e. The highest BCUT2D eigenvalue weighted by Crippen LogP contribution is 2.23. The lowest BCUT2D eigenvalue weighted by molar-refractivity contribution is 0.102. The maximum Gasteiger partial charge on any atom is 0.256 e. The molecule has 92 valence electrons. The number of anilines is 1. The van der Waals surface area contributed by atoms with Gasteiger partial charge in [-0.3, -0.25) is 4.79 Å². The topological polar surface area (TPSA) is 68.7 Å². The minimum atomic E-state index is -0.213.